The lowest BCUT2D eigenvalue weighted by Gasteiger charge is -1.83. The van der Waals surface area contributed by atoms with E-state index in [2.05, 4.69) is 16.9 Å². The van der Waals surface area contributed by atoms with Gasteiger partial charge >= 0.3 is 0 Å². The van der Waals surface area contributed by atoms with Crippen molar-refractivity contribution in [1.82, 2.24) is 9.97 Å². The normalized spacial score (nSPS) is 10.5. The largest absolute Gasteiger partial charge is 0.358 e. The molecule has 0 unspecified atom stereocenters. The van der Waals surface area contributed by atoms with Crippen LogP contribution in [0.4, 0.5) is 0 Å². The van der Waals surface area contributed by atoms with Crippen LogP contribution < -0.4 is 0 Å². The minimum atomic E-state index is 0.933. The van der Waals surface area contributed by atoms with E-state index in [1.54, 1.807) is 6.20 Å². The first-order chi connectivity index (χ1) is 4.86. The number of rotatable bonds is 0. The van der Waals surface area contributed by atoms with Crippen LogP contribution in [0.1, 0.15) is 5.69 Å². The van der Waals surface area contributed by atoms with Crippen LogP contribution in [0.5, 0.6) is 0 Å². The van der Waals surface area contributed by atoms with E-state index in [4.69, 9.17) is 0 Å². The third-order valence-electron chi connectivity index (χ3n) is 1.48. The number of H-pyrrole nitrogens is 1. The highest BCUT2D eigenvalue weighted by Crippen LogP contribution is 2.11. The highest BCUT2D eigenvalue weighted by Gasteiger charge is 1.93. The summed E-state index contributed by atoms with van der Waals surface area (Å²) in [4.78, 5) is 7.09. The average Bonchev–Trinajstić information content (AvgIpc) is 2.27. The van der Waals surface area contributed by atoms with Gasteiger partial charge in [0.05, 0.1) is 0 Å². The fraction of sp³-hybridized carbons (Fsp3) is 0. The lowest BCUT2D eigenvalue weighted by Crippen LogP contribution is -1.68. The minimum absolute atomic E-state index is 0.933. The topological polar surface area (TPSA) is 28.7 Å². The van der Waals surface area contributed by atoms with E-state index < -0.39 is 0 Å². The molecule has 2 aromatic heterocycles. The van der Waals surface area contributed by atoms with Crippen molar-refractivity contribution in [3.8, 4) is 0 Å². The molecular weight excluding hydrogens is 124 g/mol. The molecule has 10 heavy (non-hydrogen) atoms. The predicted octanol–water partition coefficient (Wildman–Crippen LogP) is 1.75. The maximum absolute atomic E-state index is 3.98. The summed E-state index contributed by atoms with van der Waals surface area (Å²) in [6.45, 7) is 3.77. The molecule has 49 valence electrons. The highest BCUT2D eigenvalue weighted by molar-refractivity contribution is 5.79. The van der Waals surface area contributed by atoms with Crippen molar-refractivity contribution in [3.63, 3.8) is 0 Å². The van der Waals surface area contributed by atoms with Gasteiger partial charge in [-0.3, -0.25) is 4.98 Å². The Morgan fingerprint density at radius 1 is 1.50 bits per heavy atom. The minimum Gasteiger partial charge on any atom is -0.358 e. The van der Waals surface area contributed by atoms with E-state index in [-0.39, 0.29) is 0 Å². The van der Waals surface area contributed by atoms with Crippen molar-refractivity contribution in [2.24, 2.45) is 0 Å². The molecule has 0 aliphatic rings. The number of hydrogen-bond donors (Lipinski definition) is 1. The van der Waals surface area contributed by atoms with Gasteiger partial charge in [-0.2, -0.15) is 0 Å². The van der Waals surface area contributed by atoms with Gasteiger partial charge < -0.3 is 4.98 Å². The second-order valence-corrected chi connectivity index (χ2v) is 2.26. The molecule has 2 nitrogen and oxygen atoms in total. The molecule has 0 spiro atoms. The van der Waals surface area contributed by atoms with Crippen molar-refractivity contribution in [1.29, 1.82) is 0 Å². The highest BCUT2D eigenvalue weighted by atomic mass is 14.7. The van der Waals surface area contributed by atoms with Crippen LogP contribution >= 0.6 is 0 Å². The SMILES string of the molecule is [CH2]c1cc2cnccc2[nH]1. The first kappa shape index (κ1) is 5.47. The first-order valence-corrected chi connectivity index (χ1v) is 3.11. The van der Waals surface area contributed by atoms with Gasteiger partial charge in [0.15, 0.2) is 0 Å². The summed E-state index contributed by atoms with van der Waals surface area (Å²) in [7, 11) is 0. The fourth-order valence-corrected chi connectivity index (χ4v) is 1.03. The Hall–Kier alpha value is -1.31. The van der Waals surface area contributed by atoms with E-state index in [9.17, 15) is 0 Å². The van der Waals surface area contributed by atoms with Gasteiger partial charge in [0.1, 0.15) is 0 Å². The van der Waals surface area contributed by atoms with E-state index in [0.29, 0.717) is 0 Å². The summed E-state index contributed by atoms with van der Waals surface area (Å²) in [5.74, 6) is 0. The number of pyridine rings is 1. The molecule has 0 aliphatic carbocycles. The zero-order chi connectivity index (χ0) is 6.97. The fourth-order valence-electron chi connectivity index (χ4n) is 1.03. The molecule has 0 fully saturated rings. The second kappa shape index (κ2) is 1.84. The van der Waals surface area contributed by atoms with Gasteiger partial charge in [0.25, 0.3) is 0 Å². The smallest absolute Gasteiger partial charge is 0.0487 e. The maximum atomic E-state index is 3.98. The zero-order valence-corrected chi connectivity index (χ0v) is 5.46. The van der Waals surface area contributed by atoms with E-state index >= 15 is 0 Å². The van der Waals surface area contributed by atoms with Crippen LogP contribution in [0.15, 0.2) is 24.5 Å². The van der Waals surface area contributed by atoms with Crippen LogP contribution in [0, 0.1) is 6.92 Å². The Bertz CT molecular complexity index is 316. The summed E-state index contributed by atoms with van der Waals surface area (Å²) < 4.78 is 0. The van der Waals surface area contributed by atoms with Gasteiger partial charge in [-0.05, 0) is 19.1 Å². The Kier molecular flexibility index (Phi) is 1.01. The van der Waals surface area contributed by atoms with Gasteiger partial charge in [-0.25, -0.2) is 0 Å². The van der Waals surface area contributed by atoms with Crippen LogP contribution in [-0.2, 0) is 0 Å². The molecule has 0 aromatic carbocycles. The van der Waals surface area contributed by atoms with Crippen LogP contribution in [-0.4, -0.2) is 9.97 Å². The standard InChI is InChI=1S/C8H7N2/c1-6-4-7-5-9-3-2-8(7)10-6/h2-5,10H,1H2. The van der Waals surface area contributed by atoms with Crippen molar-refractivity contribution in [2.75, 3.05) is 0 Å². The average molecular weight is 131 g/mol. The van der Waals surface area contributed by atoms with E-state index in [1.165, 1.54) is 0 Å². The van der Waals surface area contributed by atoms with Crippen molar-refractivity contribution < 1.29 is 0 Å². The summed E-state index contributed by atoms with van der Waals surface area (Å²) in [6, 6.07) is 3.91. The van der Waals surface area contributed by atoms with Crippen LogP contribution in [0.2, 0.25) is 0 Å². The van der Waals surface area contributed by atoms with E-state index in [0.717, 1.165) is 16.6 Å². The van der Waals surface area contributed by atoms with Crippen LogP contribution in [0.25, 0.3) is 10.9 Å². The summed E-state index contributed by atoms with van der Waals surface area (Å²) in [5, 5.41) is 1.12. The Morgan fingerprint density at radius 2 is 2.40 bits per heavy atom. The quantitative estimate of drug-likeness (QED) is 0.579. The Labute approximate surface area is 58.9 Å². The Balaban J connectivity index is 2.88. The van der Waals surface area contributed by atoms with Gasteiger partial charge in [-0.1, -0.05) is 0 Å². The van der Waals surface area contributed by atoms with Crippen molar-refractivity contribution >= 4 is 10.9 Å². The number of nitrogens with one attached hydrogen (secondary N) is 1. The molecule has 0 aliphatic heterocycles. The lowest BCUT2D eigenvalue weighted by atomic mass is 10.3. The Morgan fingerprint density at radius 3 is 3.20 bits per heavy atom. The lowest BCUT2D eigenvalue weighted by molar-refractivity contribution is 1.35. The molecule has 2 heterocycles. The molecule has 0 atom stereocenters. The zero-order valence-electron chi connectivity index (χ0n) is 5.46. The summed E-state index contributed by atoms with van der Waals surface area (Å²) >= 11 is 0. The molecule has 0 amide bonds. The molecule has 0 saturated carbocycles. The molecule has 2 aromatic rings. The van der Waals surface area contributed by atoms with Crippen molar-refractivity contribution in [2.45, 2.75) is 0 Å². The van der Waals surface area contributed by atoms with E-state index in [1.807, 2.05) is 18.3 Å². The molecule has 1 radical (unpaired) electrons. The van der Waals surface area contributed by atoms with Gasteiger partial charge in [-0.15, -0.1) is 0 Å². The molecular formula is C8H7N2. The summed E-state index contributed by atoms with van der Waals surface area (Å²) in [6.07, 6.45) is 3.58. The van der Waals surface area contributed by atoms with Gasteiger partial charge in [0, 0.05) is 29.0 Å². The monoisotopic (exact) mass is 131 g/mol. The third kappa shape index (κ3) is 0.692. The maximum Gasteiger partial charge on any atom is 0.0487 e. The molecule has 0 saturated heterocycles. The third-order valence-corrected chi connectivity index (χ3v) is 1.48. The van der Waals surface area contributed by atoms with Crippen molar-refractivity contribution in [3.05, 3.63) is 37.1 Å². The number of hydrogen-bond acceptors (Lipinski definition) is 1. The number of fused-ring (bicyclic) bond motifs is 1. The number of aromatic nitrogens is 2. The molecule has 2 rings (SSSR count). The predicted molar refractivity (Wildman–Crippen MR) is 40.6 cm³/mol. The van der Waals surface area contributed by atoms with Gasteiger partial charge in [0.2, 0.25) is 0 Å². The molecule has 1 N–H and O–H groups in total. The number of aromatic amines is 1. The molecule has 0 bridgehead atoms. The first-order valence-electron chi connectivity index (χ1n) is 3.11. The number of nitrogens with zero attached hydrogens (tertiary/aromatic N) is 1. The second-order valence-electron chi connectivity index (χ2n) is 2.26. The van der Waals surface area contributed by atoms with Crippen LogP contribution in [0.3, 0.4) is 0 Å². The summed E-state index contributed by atoms with van der Waals surface area (Å²) in [5.41, 5.74) is 2.03. The molecule has 2 heteroatoms.